The normalized spacial score (nSPS) is 24.9. The Balaban J connectivity index is 1.94. The standard InChI is InChI=1S/C12H18N2O2S/c13-10-5-9(1-2-12(15)16)6-14(7-10)11-3-4-17-8-11/h3-4,8-10H,1-2,5-7,13H2,(H,15,16). The molecule has 3 N–H and O–H groups in total. The molecule has 17 heavy (non-hydrogen) atoms. The van der Waals surface area contributed by atoms with Crippen LogP contribution in [-0.4, -0.2) is 30.2 Å². The summed E-state index contributed by atoms with van der Waals surface area (Å²) in [7, 11) is 0. The van der Waals surface area contributed by atoms with Gasteiger partial charge in [0.2, 0.25) is 0 Å². The minimum absolute atomic E-state index is 0.155. The highest BCUT2D eigenvalue weighted by molar-refractivity contribution is 7.08. The first-order valence-corrected chi connectivity index (χ1v) is 6.84. The molecular weight excluding hydrogens is 236 g/mol. The van der Waals surface area contributed by atoms with Crippen LogP contribution in [0, 0.1) is 5.92 Å². The van der Waals surface area contributed by atoms with E-state index in [9.17, 15) is 4.79 Å². The van der Waals surface area contributed by atoms with Crippen LogP contribution in [0.4, 0.5) is 5.69 Å². The number of carboxylic acids is 1. The number of aliphatic carboxylic acids is 1. The number of carbonyl (C=O) groups is 1. The third kappa shape index (κ3) is 3.44. The Bertz CT molecular complexity index is 367. The van der Waals surface area contributed by atoms with Gasteiger partial charge in [-0.3, -0.25) is 4.79 Å². The maximum absolute atomic E-state index is 10.6. The summed E-state index contributed by atoms with van der Waals surface area (Å²) in [5.74, 6) is -0.319. The summed E-state index contributed by atoms with van der Waals surface area (Å²) in [5, 5.41) is 12.9. The van der Waals surface area contributed by atoms with Crippen LogP contribution >= 0.6 is 11.3 Å². The molecule has 2 heterocycles. The molecule has 1 aliphatic heterocycles. The molecule has 0 spiro atoms. The number of thiophene rings is 1. The Morgan fingerprint density at radius 2 is 2.41 bits per heavy atom. The number of carboxylic acid groups (broad SMARTS) is 1. The van der Waals surface area contributed by atoms with E-state index < -0.39 is 5.97 Å². The summed E-state index contributed by atoms with van der Waals surface area (Å²) in [4.78, 5) is 12.9. The van der Waals surface area contributed by atoms with Crippen LogP contribution in [-0.2, 0) is 4.79 Å². The zero-order chi connectivity index (χ0) is 12.3. The van der Waals surface area contributed by atoms with Gasteiger partial charge in [0.05, 0.1) is 0 Å². The lowest BCUT2D eigenvalue weighted by molar-refractivity contribution is -0.137. The first kappa shape index (κ1) is 12.4. The number of nitrogens with two attached hydrogens (primary N) is 1. The van der Waals surface area contributed by atoms with Gasteiger partial charge < -0.3 is 15.7 Å². The lowest BCUT2D eigenvalue weighted by Crippen LogP contribution is -2.47. The molecule has 2 rings (SSSR count). The molecule has 2 unspecified atom stereocenters. The molecule has 2 atom stereocenters. The fraction of sp³-hybridized carbons (Fsp3) is 0.583. The first-order valence-electron chi connectivity index (χ1n) is 5.89. The Hall–Kier alpha value is -1.07. The monoisotopic (exact) mass is 254 g/mol. The Morgan fingerprint density at radius 1 is 1.59 bits per heavy atom. The predicted molar refractivity (Wildman–Crippen MR) is 69.5 cm³/mol. The van der Waals surface area contributed by atoms with Crippen molar-refractivity contribution in [3.63, 3.8) is 0 Å². The molecular formula is C12H18N2O2S. The number of nitrogens with zero attached hydrogens (tertiary/aromatic N) is 1. The van der Waals surface area contributed by atoms with E-state index in [0.29, 0.717) is 5.92 Å². The molecule has 0 amide bonds. The molecule has 0 bridgehead atoms. The molecule has 0 saturated carbocycles. The van der Waals surface area contributed by atoms with Gasteiger partial charge in [-0.25, -0.2) is 0 Å². The molecule has 94 valence electrons. The number of hydrogen-bond donors (Lipinski definition) is 2. The van der Waals surface area contributed by atoms with Crippen molar-refractivity contribution in [1.82, 2.24) is 0 Å². The Labute approximate surface area is 105 Å². The van der Waals surface area contributed by atoms with E-state index in [0.717, 1.165) is 25.9 Å². The average Bonchev–Trinajstić information content (AvgIpc) is 2.79. The Morgan fingerprint density at radius 3 is 3.06 bits per heavy atom. The SMILES string of the molecule is NC1CC(CCC(=O)O)CN(c2ccsc2)C1. The fourth-order valence-electron chi connectivity index (χ4n) is 2.43. The molecule has 5 heteroatoms. The maximum atomic E-state index is 10.6. The van der Waals surface area contributed by atoms with Crippen molar-refractivity contribution in [2.24, 2.45) is 11.7 Å². The van der Waals surface area contributed by atoms with Gasteiger partial charge >= 0.3 is 5.97 Å². The van der Waals surface area contributed by atoms with Gasteiger partial charge in [0.15, 0.2) is 0 Å². The van der Waals surface area contributed by atoms with Crippen molar-refractivity contribution in [3.8, 4) is 0 Å². The zero-order valence-corrected chi connectivity index (χ0v) is 10.5. The fourth-order valence-corrected chi connectivity index (χ4v) is 3.09. The summed E-state index contributed by atoms with van der Waals surface area (Å²) in [6, 6.07) is 2.25. The highest BCUT2D eigenvalue weighted by Gasteiger charge is 2.25. The van der Waals surface area contributed by atoms with Gasteiger partial charge in [0, 0.05) is 36.6 Å². The lowest BCUT2D eigenvalue weighted by Gasteiger charge is -2.37. The quantitative estimate of drug-likeness (QED) is 0.859. The lowest BCUT2D eigenvalue weighted by atomic mass is 9.90. The number of piperidine rings is 1. The van der Waals surface area contributed by atoms with Crippen molar-refractivity contribution < 1.29 is 9.90 Å². The molecule has 0 aliphatic carbocycles. The summed E-state index contributed by atoms with van der Waals surface area (Å²) in [6.45, 7) is 1.80. The van der Waals surface area contributed by atoms with Gasteiger partial charge in [0.25, 0.3) is 0 Å². The van der Waals surface area contributed by atoms with Crippen molar-refractivity contribution in [2.75, 3.05) is 18.0 Å². The third-order valence-electron chi connectivity index (χ3n) is 3.21. The van der Waals surface area contributed by atoms with Crippen LogP contribution in [0.1, 0.15) is 19.3 Å². The predicted octanol–water partition coefficient (Wildman–Crippen LogP) is 1.77. The second-order valence-corrected chi connectivity index (χ2v) is 5.46. The van der Waals surface area contributed by atoms with Crippen LogP contribution in [0.3, 0.4) is 0 Å². The second kappa shape index (κ2) is 5.51. The van der Waals surface area contributed by atoms with Crippen LogP contribution in [0.25, 0.3) is 0 Å². The molecule has 1 saturated heterocycles. The van der Waals surface area contributed by atoms with Gasteiger partial charge in [-0.2, -0.15) is 11.3 Å². The van der Waals surface area contributed by atoms with Gasteiger partial charge in [-0.1, -0.05) is 0 Å². The molecule has 4 nitrogen and oxygen atoms in total. The highest BCUT2D eigenvalue weighted by atomic mass is 32.1. The van der Waals surface area contributed by atoms with Crippen molar-refractivity contribution in [2.45, 2.75) is 25.3 Å². The minimum Gasteiger partial charge on any atom is -0.481 e. The van der Waals surface area contributed by atoms with Crippen LogP contribution in [0.5, 0.6) is 0 Å². The van der Waals surface area contributed by atoms with Gasteiger partial charge in [-0.05, 0) is 30.2 Å². The molecule has 1 aliphatic rings. The number of anilines is 1. The van der Waals surface area contributed by atoms with Crippen molar-refractivity contribution >= 4 is 23.0 Å². The van der Waals surface area contributed by atoms with E-state index in [1.165, 1.54) is 5.69 Å². The summed E-state index contributed by atoms with van der Waals surface area (Å²) in [5.41, 5.74) is 7.26. The second-order valence-electron chi connectivity index (χ2n) is 4.68. The molecule has 1 aromatic heterocycles. The summed E-state index contributed by atoms with van der Waals surface area (Å²) >= 11 is 1.68. The highest BCUT2D eigenvalue weighted by Crippen LogP contribution is 2.26. The van der Waals surface area contributed by atoms with Crippen LogP contribution in [0.15, 0.2) is 16.8 Å². The smallest absolute Gasteiger partial charge is 0.303 e. The van der Waals surface area contributed by atoms with E-state index in [4.69, 9.17) is 10.8 Å². The summed E-state index contributed by atoms with van der Waals surface area (Å²) in [6.07, 6.45) is 1.91. The maximum Gasteiger partial charge on any atom is 0.303 e. The van der Waals surface area contributed by atoms with Gasteiger partial charge in [0.1, 0.15) is 0 Å². The largest absolute Gasteiger partial charge is 0.481 e. The molecule has 1 aromatic rings. The molecule has 0 radical (unpaired) electrons. The topological polar surface area (TPSA) is 66.6 Å². The zero-order valence-electron chi connectivity index (χ0n) is 9.71. The third-order valence-corrected chi connectivity index (χ3v) is 3.88. The Kier molecular flexibility index (Phi) is 4.02. The van der Waals surface area contributed by atoms with Crippen molar-refractivity contribution in [1.29, 1.82) is 0 Å². The number of rotatable bonds is 4. The molecule has 0 aromatic carbocycles. The molecule has 1 fully saturated rings. The summed E-state index contributed by atoms with van der Waals surface area (Å²) < 4.78 is 0. The minimum atomic E-state index is -0.716. The van der Waals surface area contributed by atoms with E-state index in [2.05, 4.69) is 21.7 Å². The van der Waals surface area contributed by atoms with E-state index in [-0.39, 0.29) is 12.5 Å². The van der Waals surface area contributed by atoms with E-state index in [1.807, 2.05) is 0 Å². The van der Waals surface area contributed by atoms with Crippen LogP contribution < -0.4 is 10.6 Å². The number of hydrogen-bond acceptors (Lipinski definition) is 4. The van der Waals surface area contributed by atoms with E-state index >= 15 is 0 Å². The van der Waals surface area contributed by atoms with Crippen molar-refractivity contribution in [3.05, 3.63) is 16.8 Å². The van der Waals surface area contributed by atoms with Crippen LogP contribution in [0.2, 0.25) is 0 Å². The van der Waals surface area contributed by atoms with Gasteiger partial charge in [-0.15, -0.1) is 0 Å². The van der Waals surface area contributed by atoms with E-state index in [1.54, 1.807) is 11.3 Å². The average molecular weight is 254 g/mol. The first-order chi connectivity index (χ1) is 8.15.